The summed E-state index contributed by atoms with van der Waals surface area (Å²) in [6.07, 6.45) is -0.510. The van der Waals surface area contributed by atoms with Gasteiger partial charge in [0.1, 0.15) is 5.69 Å². The van der Waals surface area contributed by atoms with E-state index < -0.39 is 11.0 Å². The summed E-state index contributed by atoms with van der Waals surface area (Å²) in [5, 5.41) is 22.5. The van der Waals surface area contributed by atoms with E-state index in [0.29, 0.717) is 0 Å². The predicted octanol–water partition coefficient (Wildman–Crippen LogP) is 2.04. The van der Waals surface area contributed by atoms with Gasteiger partial charge in [0.25, 0.3) is 5.69 Å². The molecule has 6 nitrogen and oxygen atoms in total. The summed E-state index contributed by atoms with van der Waals surface area (Å²) in [7, 11) is 0. The number of amides is 1. The summed E-state index contributed by atoms with van der Waals surface area (Å²) in [6.45, 7) is 3.46. The molecule has 1 aromatic rings. The zero-order valence-corrected chi connectivity index (χ0v) is 11.5. The molecule has 7 heteroatoms. The molecule has 1 rings (SSSR count). The molecule has 0 bridgehead atoms. The number of benzene rings is 1. The number of anilines is 1. The van der Waals surface area contributed by atoms with Crippen molar-refractivity contribution in [2.24, 2.45) is 0 Å². The molecule has 104 valence electrons. The van der Waals surface area contributed by atoms with E-state index in [1.165, 1.54) is 30.0 Å². The fourth-order valence-corrected chi connectivity index (χ4v) is 2.04. The number of para-hydroxylation sites is 2. The monoisotopic (exact) mass is 284 g/mol. The molecule has 2 unspecified atom stereocenters. The first kappa shape index (κ1) is 15.5. The van der Waals surface area contributed by atoms with Gasteiger partial charge in [-0.05, 0) is 13.0 Å². The van der Waals surface area contributed by atoms with Crippen LogP contribution in [-0.2, 0) is 4.79 Å². The lowest BCUT2D eigenvalue weighted by molar-refractivity contribution is -0.383. The average Bonchev–Trinajstić information content (AvgIpc) is 2.36. The topological polar surface area (TPSA) is 92.5 Å². The molecule has 19 heavy (non-hydrogen) atoms. The molecular formula is C12H16N2O4S. The third kappa shape index (κ3) is 4.88. The number of nitro benzene ring substituents is 1. The lowest BCUT2D eigenvalue weighted by atomic mass is 10.2. The summed E-state index contributed by atoms with van der Waals surface area (Å²) in [5.74, 6) is -0.190. The zero-order valence-electron chi connectivity index (χ0n) is 10.7. The van der Waals surface area contributed by atoms with Crippen molar-refractivity contribution in [1.82, 2.24) is 0 Å². The van der Waals surface area contributed by atoms with Gasteiger partial charge in [-0.1, -0.05) is 19.1 Å². The maximum atomic E-state index is 11.7. The van der Waals surface area contributed by atoms with E-state index >= 15 is 0 Å². The minimum Gasteiger partial charge on any atom is -0.392 e. The molecule has 0 spiro atoms. The van der Waals surface area contributed by atoms with E-state index in [1.807, 2.05) is 6.92 Å². The average molecular weight is 284 g/mol. The van der Waals surface area contributed by atoms with Crippen LogP contribution in [-0.4, -0.2) is 33.0 Å². The number of hydrogen-bond donors (Lipinski definition) is 2. The number of nitro groups is 1. The Balaban J connectivity index is 2.60. The van der Waals surface area contributed by atoms with Crippen LogP contribution in [0.15, 0.2) is 24.3 Å². The SMILES string of the molecule is CC(O)C(C)SCC(=O)Nc1ccccc1[N+](=O)[O-]. The standard InChI is InChI=1S/C12H16N2O4S/c1-8(15)9(2)19-7-12(16)13-10-5-3-4-6-11(10)14(17)18/h3-6,8-9,15H,7H2,1-2H3,(H,13,16). The summed E-state index contributed by atoms with van der Waals surface area (Å²) in [5.41, 5.74) is 0.0484. The maximum Gasteiger partial charge on any atom is 0.292 e. The normalized spacial score (nSPS) is 13.6. The first-order valence-electron chi connectivity index (χ1n) is 5.74. The first-order chi connectivity index (χ1) is 8.91. The van der Waals surface area contributed by atoms with Crippen LogP contribution in [0.1, 0.15) is 13.8 Å². The second kappa shape index (κ2) is 7.10. The highest BCUT2D eigenvalue weighted by atomic mass is 32.2. The molecule has 0 saturated heterocycles. The fraction of sp³-hybridized carbons (Fsp3) is 0.417. The van der Waals surface area contributed by atoms with Crippen LogP contribution in [0.3, 0.4) is 0 Å². The molecule has 0 aliphatic rings. The Labute approximate surface area is 115 Å². The number of nitrogens with one attached hydrogen (secondary N) is 1. The predicted molar refractivity (Wildman–Crippen MR) is 75.3 cm³/mol. The van der Waals surface area contributed by atoms with Gasteiger partial charge in [-0.15, -0.1) is 11.8 Å². The lowest BCUT2D eigenvalue weighted by Crippen LogP contribution is -2.21. The fourth-order valence-electron chi connectivity index (χ4n) is 1.27. The minimum absolute atomic E-state index is 0.0727. The van der Waals surface area contributed by atoms with Crippen molar-refractivity contribution in [2.45, 2.75) is 25.2 Å². The van der Waals surface area contributed by atoms with Crippen molar-refractivity contribution in [3.05, 3.63) is 34.4 Å². The summed E-state index contributed by atoms with van der Waals surface area (Å²) >= 11 is 1.29. The smallest absolute Gasteiger partial charge is 0.292 e. The summed E-state index contributed by atoms with van der Waals surface area (Å²) in [6, 6.07) is 5.98. The molecule has 0 aliphatic carbocycles. The Bertz CT molecular complexity index is 465. The van der Waals surface area contributed by atoms with Crippen molar-refractivity contribution >= 4 is 29.0 Å². The molecule has 1 amide bonds. The number of aliphatic hydroxyl groups is 1. The molecule has 2 atom stereocenters. The zero-order chi connectivity index (χ0) is 14.4. The van der Waals surface area contributed by atoms with Crippen molar-refractivity contribution in [3.8, 4) is 0 Å². The number of nitrogens with zero attached hydrogens (tertiary/aromatic N) is 1. The summed E-state index contributed by atoms with van der Waals surface area (Å²) in [4.78, 5) is 21.9. The van der Waals surface area contributed by atoms with Gasteiger partial charge < -0.3 is 10.4 Å². The second-order valence-electron chi connectivity index (χ2n) is 4.08. The van der Waals surface area contributed by atoms with Gasteiger partial charge in [-0.2, -0.15) is 0 Å². The van der Waals surface area contributed by atoms with Crippen LogP contribution in [0.25, 0.3) is 0 Å². The van der Waals surface area contributed by atoms with Crippen molar-refractivity contribution in [1.29, 1.82) is 0 Å². The quantitative estimate of drug-likeness (QED) is 0.616. The Kier molecular flexibility index (Phi) is 5.78. The molecule has 1 aromatic carbocycles. The van der Waals surface area contributed by atoms with Crippen LogP contribution in [0.4, 0.5) is 11.4 Å². The number of carbonyl (C=O) groups excluding carboxylic acids is 1. The van der Waals surface area contributed by atoms with E-state index in [-0.39, 0.29) is 28.3 Å². The third-order valence-electron chi connectivity index (χ3n) is 2.53. The van der Waals surface area contributed by atoms with Crippen molar-refractivity contribution in [2.75, 3.05) is 11.1 Å². The van der Waals surface area contributed by atoms with Gasteiger partial charge in [0.05, 0.1) is 16.8 Å². The van der Waals surface area contributed by atoms with Gasteiger partial charge >= 0.3 is 0 Å². The molecular weight excluding hydrogens is 268 g/mol. The summed E-state index contributed by atoms with van der Waals surface area (Å²) < 4.78 is 0. The van der Waals surface area contributed by atoms with Crippen LogP contribution < -0.4 is 5.32 Å². The molecule has 0 radical (unpaired) electrons. The number of carbonyl (C=O) groups is 1. The van der Waals surface area contributed by atoms with Crippen LogP contribution in [0.2, 0.25) is 0 Å². The van der Waals surface area contributed by atoms with Crippen molar-refractivity contribution in [3.63, 3.8) is 0 Å². The van der Waals surface area contributed by atoms with Gasteiger partial charge in [-0.3, -0.25) is 14.9 Å². The first-order valence-corrected chi connectivity index (χ1v) is 6.79. The molecule has 0 aromatic heterocycles. The molecule has 0 aliphatic heterocycles. The maximum absolute atomic E-state index is 11.7. The van der Waals surface area contributed by atoms with Crippen molar-refractivity contribution < 1.29 is 14.8 Å². The second-order valence-corrected chi connectivity index (χ2v) is 5.44. The van der Waals surface area contributed by atoms with Gasteiger partial charge in [0.15, 0.2) is 0 Å². The van der Waals surface area contributed by atoms with Gasteiger partial charge in [-0.25, -0.2) is 0 Å². The van der Waals surface area contributed by atoms with Gasteiger partial charge in [0, 0.05) is 11.3 Å². The van der Waals surface area contributed by atoms with Crippen LogP contribution in [0.5, 0.6) is 0 Å². The Morgan fingerprint density at radius 2 is 2.11 bits per heavy atom. The highest BCUT2D eigenvalue weighted by Gasteiger charge is 2.16. The number of hydrogen-bond acceptors (Lipinski definition) is 5. The minimum atomic E-state index is -0.540. The van der Waals surface area contributed by atoms with Gasteiger partial charge in [0.2, 0.25) is 5.91 Å². The lowest BCUT2D eigenvalue weighted by Gasteiger charge is -2.13. The third-order valence-corrected chi connectivity index (χ3v) is 3.88. The largest absolute Gasteiger partial charge is 0.392 e. The number of aliphatic hydroxyl groups excluding tert-OH is 1. The Morgan fingerprint density at radius 1 is 1.47 bits per heavy atom. The van der Waals surface area contributed by atoms with Crippen LogP contribution in [0, 0.1) is 10.1 Å². The van der Waals surface area contributed by atoms with E-state index in [2.05, 4.69) is 5.32 Å². The molecule has 0 fully saturated rings. The molecule has 2 N–H and O–H groups in total. The highest BCUT2D eigenvalue weighted by molar-refractivity contribution is 8.00. The van der Waals surface area contributed by atoms with E-state index in [0.717, 1.165) is 0 Å². The van der Waals surface area contributed by atoms with E-state index in [4.69, 9.17) is 0 Å². The molecule has 0 saturated carbocycles. The number of thioether (sulfide) groups is 1. The molecule has 0 heterocycles. The van der Waals surface area contributed by atoms with E-state index in [1.54, 1.807) is 13.0 Å². The van der Waals surface area contributed by atoms with Crippen LogP contribution >= 0.6 is 11.8 Å². The van der Waals surface area contributed by atoms with E-state index in [9.17, 15) is 20.0 Å². The number of rotatable bonds is 6. The Hall–Kier alpha value is -1.60. The highest BCUT2D eigenvalue weighted by Crippen LogP contribution is 2.23. The Morgan fingerprint density at radius 3 is 2.68 bits per heavy atom.